The Morgan fingerprint density at radius 3 is 2.10 bits per heavy atom. The van der Waals surface area contributed by atoms with Crippen LogP contribution in [0.15, 0.2) is 60.7 Å². The number of benzene rings is 2. The molecular weight excluding hydrogens is 258 g/mol. The van der Waals surface area contributed by atoms with Gasteiger partial charge in [0.15, 0.2) is 0 Å². The molecule has 1 heterocycles. The van der Waals surface area contributed by atoms with Crippen molar-refractivity contribution >= 4 is 5.69 Å². The first-order chi connectivity index (χ1) is 10.3. The Bertz CT molecular complexity index is 512. The third-order valence-electron chi connectivity index (χ3n) is 3.85. The van der Waals surface area contributed by atoms with Gasteiger partial charge in [0.1, 0.15) is 0 Å². The van der Waals surface area contributed by atoms with E-state index in [4.69, 9.17) is 0 Å². The molecule has 2 aromatic rings. The summed E-state index contributed by atoms with van der Waals surface area (Å²) < 4.78 is 0. The SMILES string of the molecule is CC.OC1CCN(c2ccccc2)C(c2ccccc2)C1. The summed E-state index contributed by atoms with van der Waals surface area (Å²) in [5, 5.41) is 9.98. The van der Waals surface area contributed by atoms with E-state index in [9.17, 15) is 5.11 Å². The molecule has 1 aliphatic heterocycles. The average Bonchev–Trinajstić information content (AvgIpc) is 2.58. The molecule has 0 saturated carbocycles. The van der Waals surface area contributed by atoms with Crippen LogP contribution < -0.4 is 4.90 Å². The molecule has 0 aliphatic carbocycles. The summed E-state index contributed by atoms with van der Waals surface area (Å²) in [4.78, 5) is 2.40. The number of piperidine rings is 1. The van der Waals surface area contributed by atoms with E-state index in [0.29, 0.717) is 0 Å². The number of aliphatic hydroxyl groups is 1. The van der Waals surface area contributed by atoms with Crippen molar-refractivity contribution < 1.29 is 5.11 Å². The molecule has 0 aromatic heterocycles. The van der Waals surface area contributed by atoms with Gasteiger partial charge in [0.2, 0.25) is 0 Å². The number of anilines is 1. The second-order valence-electron chi connectivity index (χ2n) is 5.13. The van der Waals surface area contributed by atoms with Crippen molar-refractivity contribution in [1.82, 2.24) is 0 Å². The zero-order chi connectivity index (χ0) is 15.1. The van der Waals surface area contributed by atoms with Crippen LogP contribution in [-0.2, 0) is 0 Å². The summed E-state index contributed by atoms with van der Waals surface area (Å²) in [6.45, 7) is 4.91. The maximum Gasteiger partial charge on any atom is 0.0580 e. The Morgan fingerprint density at radius 1 is 0.905 bits per heavy atom. The van der Waals surface area contributed by atoms with Crippen molar-refractivity contribution in [2.45, 2.75) is 38.8 Å². The first-order valence-electron chi connectivity index (χ1n) is 7.89. The molecule has 1 fully saturated rings. The zero-order valence-corrected chi connectivity index (χ0v) is 12.9. The van der Waals surface area contributed by atoms with Gasteiger partial charge in [0.25, 0.3) is 0 Å². The van der Waals surface area contributed by atoms with E-state index in [0.717, 1.165) is 19.4 Å². The third-order valence-corrected chi connectivity index (χ3v) is 3.85. The first-order valence-corrected chi connectivity index (χ1v) is 7.89. The number of nitrogens with zero attached hydrogens (tertiary/aromatic N) is 1. The predicted octanol–water partition coefficient (Wildman–Crippen LogP) is 4.42. The molecule has 2 unspecified atom stereocenters. The number of aliphatic hydroxyl groups excluding tert-OH is 1. The first kappa shape index (κ1) is 15.6. The largest absolute Gasteiger partial charge is 0.393 e. The molecule has 1 N–H and O–H groups in total. The molecule has 0 radical (unpaired) electrons. The van der Waals surface area contributed by atoms with Crippen LogP contribution in [0.2, 0.25) is 0 Å². The van der Waals surface area contributed by atoms with Crippen LogP contribution in [0.1, 0.15) is 38.3 Å². The van der Waals surface area contributed by atoms with Gasteiger partial charge in [-0.15, -0.1) is 0 Å². The van der Waals surface area contributed by atoms with E-state index < -0.39 is 0 Å². The van der Waals surface area contributed by atoms with E-state index in [1.165, 1.54) is 11.3 Å². The molecule has 2 heteroatoms. The zero-order valence-electron chi connectivity index (χ0n) is 12.9. The standard InChI is InChI=1S/C17H19NO.C2H6/c19-16-11-12-18(15-9-5-2-6-10-15)17(13-16)14-7-3-1-4-8-14;1-2/h1-10,16-17,19H,11-13H2;1-2H3. The molecule has 0 bridgehead atoms. The summed E-state index contributed by atoms with van der Waals surface area (Å²) in [6, 6.07) is 21.2. The molecule has 0 amide bonds. The molecule has 112 valence electrons. The van der Waals surface area contributed by atoms with Gasteiger partial charge >= 0.3 is 0 Å². The van der Waals surface area contributed by atoms with Crippen LogP contribution in [-0.4, -0.2) is 17.8 Å². The van der Waals surface area contributed by atoms with E-state index in [2.05, 4.69) is 53.4 Å². The molecule has 0 spiro atoms. The van der Waals surface area contributed by atoms with Crippen molar-refractivity contribution in [3.8, 4) is 0 Å². The summed E-state index contributed by atoms with van der Waals surface area (Å²) >= 11 is 0. The summed E-state index contributed by atoms with van der Waals surface area (Å²) in [7, 11) is 0. The Labute approximate surface area is 128 Å². The number of para-hydroxylation sites is 1. The predicted molar refractivity (Wildman–Crippen MR) is 89.6 cm³/mol. The van der Waals surface area contributed by atoms with Crippen molar-refractivity contribution in [2.24, 2.45) is 0 Å². The Morgan fingerprint density at radius 2 is 1.48 bits per heavy atom. The number of rotatable bonds is 2. The summed E-state index contributed by atoms with van der Waals surface area (Å²) in [5.74, 6) is 0. The van der Waals surface area contributed by atoms with E-state index >= 15 is 0 Å². The summed E-state index contributed by atoms with van der Waals surface area (Å²) in [5.41, 5.74) is 2.52. The smallest absolute Gasteiger partial charge is 0.0580 e. The van der Waals surface area contributed by atoms with Crippen LogP contribution >= 0.6 is 0 Å². The Hall–Kier alpha value is -1.80. The second-order valence-corrected chi connectivity index (χ2v) is 5.13. The highest BCUT2D eigenvalue weighted by atomic mass is 16.3. The van der Waals surface area contributed by atoms with Gasteiger partial charge < -0.3 is 10.0 Å². The fourth-order valence-electron chi connectivity index (χ4n) is 2.87. The minimum atomic E-state index is -0.190. The van der Waals surface area contributed by atoms with E-state index in [1.54, 1.807) is 0 Å². The van der Waals surface area contributed by atoms with E-state index in [1.807, 2.05) is 26.0 Å². The third kappa shape index (κ3) is 3.85. The molecule has 1 aliphatic rings. The highest BCUT2D eigenvalue weighted by Crippen LogP contribution is 2.34. The molecule has 2 aromatic carbocycles. The minimum Gasteiger partial charge on any atom is -0.393 e. The van der Waals surface area contributed by atoms with Crippen LogP contribution in [0.25, 0.3) is 0 Å². The van der Waals surface area contributed by atoms with Gasteiger partial charge in [-0.25, -0.2) is 0 Å². The van der Waals surface area contributed by atoms with Crippen molar-refractivity contribution in [3.63, 3.8) is 0 Å². The minimum absolute atomic E-state index is 0.190. The lowest BCUT2D eigenvalue weighted by molar-refractivity contribution is 0.128. The fourth-order valence-corrected chi connectivity index (χ4v) is 2.87. The van der Waals surface area contributed by atoms with E-state index in [-0.39, 0.29) is 12.1 Å². The highest BCUT2D eigenvalue weighted by Gasteiger charge is 2.28. The van der Waals surface area contributed by atoms with Crippen molar-refractivity contribution in [2.75, 3.05) is 11.4 Å². The summed E-state index contributed by atoms with van der Waals surface area (Å²) in [6.07, 6.45) is 1.46. The average molecular weight is 283 g/mol. The topological polar surface area (TPSA) is 23.5 Å². The van der Waals surface area contributed by atoms with Gasteiger partial charge in [0.05, 0.1) is 12.1 Å². The molecule has 21 heavy (non-hydrogen) atoms. The molecule has 2 nitrogen and oxygen atoms in total. The Balaban J connectivity index is 0.000000774. The van der Waals surface area contributed by atoms with Crippen LogP contribution in [0.5, 0.6) is 0 Å². The van der Waals surface area contributed by atoms with Gasteiger partial charge in [-0.1, -0.05) is 62.4 Å². The maximum atomic E-state index is 9.98. The lowest BCUT2D eigenvalue weighted by Gasteiger charge is -2.40. The van der Waals surface area contributed by atoms with Gasteiger partial charge in [-0.05, 0) is 30.5 Å². The van der Waals surface area contributed by atoms with Crippen molar-refractivity contribution in [3.05, 3.63) is 66.2 Å². The fraction of sp³-hybridized carbons (Fsp3) is 0.368. The monoisotopic (exact) mass is 283 g/mol. The quantitative estimate of drug-likeness (QED) is 0.882. The van der Waals surface area contributed by atoms with Gasteiger partial charge in [-0.2, -0.15) is 0 Å². The second kappa shape index (κ2) is 7.84. The highest BCUT2D eigenvalue weighted by molar-refractivity contribution is 5.49. The van der Waals surface area contributed by atoms with Crippen LogP contribution in [0.3, 0.4) is 0 Å². The van der Waals surface area contributed by atoms with Crippen molar-refractivity contribution in [1.29, 1.82) is 0 Å². The maximum absolute atomic E-state index is 9.98. The lowest BCUT2D eigenvalue weighted by Crippen LogP contribution is -2.38. The molecule has 1 saturated heterocycles. The lowest BCUT2D eigenvalue weighted by atomic mass is 9.93. The van der Waals surface area contributed by atoms with Gasteiger partial charge in [0, 0.05) is 12.2 Å². The van der Waals surface area contributed by atoms with Crippen LogP contribution in [0.4, 0.5) is 5.69 Å². The van der Waals surface area contributed by atoms with Crippen LogP contribution in [0, 0.1) is 0 Å². The Kier molecular flexibility index (Phi) is 5.82. The number of hydrogen-bond donors (Lipinski definition) is 1. The molecule has 3 rings (SSSR count). The molecule has 2 atom stereocenters. The van der Waals surface area contributed by atoms with Gasteiger partial charge in [-0.3, -0.25) is 0 Å². The normalized spacial score (nSPS) is 21.4. The number of hydrogen-bond acceptors (Lipinski definition) is 2. The molecular formula is C19H25NO.